The number of rotatable bonds is 10. The molecular formula is C28H33N3O6S. The average molecular weight is 540 g/mol. The van der Waals surface area contributed by atoms with Gasteiger partial charge in [0.25, 0.3) is 5.91 Å². The monoisotopic (exact) mass is 539 g/mol. The maximum atomic E-state index is 13.9. The van der Waals surface area contributed by atoms with E-state index >= 15 is 0 Å². The predicted molar refractivity (Wildman–Crippen MR) is 147 cm³/mol. The number of para-hydroxylation sites is 1. The van der Waals surface area contributed by atoms with Crippen molar-refractivity contribution in [3.63, 3.8) is 0 Å². The van der Waals surface area contributed by atoms with Crippen LogP contribution in [0.4, 0.5) is 5.69 Å². The molecule has 1 heterocycles. The highest BCUT2D eigenvalue weighted by Crippen LogP contribution is 2.41. The Morgan fingerprint density at radius 3 is 2.05 bits per heavy atom. The van der Waals surface area contributed by atoms with E-state index in [-0.39, 0.29) is 12.5 Å². The number of methoxy groups -OCH3 is 3. The molecule has 3 aromatic rings. The van der Waals surface area contributed by atoms with E-state index in [1.54, 1.807) is 53.9 Å². The first-order valence-electron chi connectivity index (χ1n) is 11.9. The third kappa shape index (κ3) is 6.83. The minimum atomic E-state index is -1.13. The summed E-state index contributed by atoms with van der Waals surface area (Å²) in [6, 6.07) is 14.4. The van der Waals surface area contributed by atoms with Gasteiger partial charge in [0.1, 0.15) is 6.04 Å². The number of anilines is 1. The van der Waals surface area contributed by atoms with Crippen molar-refractivity contribution in [2.45, 2.75) is 32.4 Å². The number of nitrogens with one attached hydrogen (secondary N) is 2. The number of thiophene rings is 1. The third-order valence-electron chi connectivity index (χ3n) is 5.46. The molecule has 2 aromatic carbocycles. The molecule has 202 valence electrons. The quantitative estimate of drug-likeness (QED) is 0.400. The summed E-state index contributed by atoms with van der Waals surface area (Å²) in [6.07, 6.45) is 0. The molecule has 0 saturated heterocycles. The van der Waals surface area contributed by atoms with Crippen LogP contribution in [0.1, 0.15) is 42.0 Å². The molecule has 0 spiro atoms. The molecule has 0 aliphatic heterocycles. The Kier molecular flexibility index (Phi) is 9.35. The van der Waals surface area contributed by atoms with Gasteiger partial charge in [-0.05, 0) is 62.0 Å². The highest BCUT2D eigenvalue weighted by Gasteiger charge is 2.36. The van der Waals surface area contributed by atoms with Crippen molar-refractivity contribution in [1.29, 1.82) is 0 Å². The molecule has 0 bridgehead atoms. The zero-order valence-corrected chi connectivity index (χ0v) is 23.2. The first-order valence-corrected chi connectivity index (χ1v) is 12.8. The molecule has 3 amide bonds. The van der Waals surface area contributed by atoms with Crippen LogP contribution in [-0.2, 0) is 9.59 Å². The van der Waals surface area contributed by atoms with Gasteiger partial charge in [0, 0.05) is 11.2 Å². The summed E-state index contributed by atoms with van der Waals surface area (Å²) >= 11 is 1.27. The number of benzene rings is 2. The molecule has 2 N–H and O–H groups in total. The van der Waals surface area contributed by atoms with E-state index in [1.165, 1.54) is 37.6 Å². The molecule has 0 unspecified atom stereocenters. The second-order valence-electron chi connectivity index (χ2n) is 9.36. The van der Waals surface area contributed by atoms with Crippen molar-refractivity contribution >= 4 is 34.7 Å². The van der Waals surface area contributed by atoms with E-state index in [9.17, 15) is 14.4 Å². The number of hydrogen-bond donors (Lipinski definition) is 2. The van der Waals surface area contributed by atoms with Crippen LogP contribution in [0.3, 0.4) is 0 Å². The number of hydrogen-bond acceptors (Lipinski definition) is 7. The molecule has 1 aromatic heterocycles. The van der Waals surface area contributed by atoms with E-state index in [1.807, 2.05) is 26.8 Å². The Labute approximate surface area is 226 Å². The van der Waals surface area contributed by atoms with Gasteiger partial charge >= 0.3 is 0 Å². The summed E-state index contributed by atoms with van der Waals surface area (Å²) in [6.45, 7) is 5.24. The van der Waals surface area contributed by atoms with Gasteiger partial charge in [0.2, 0.25) is 17.6 Å². The molecule has 0 aliphatic rings. The second-order valence-corrected chi connectivity index (χ2v) is 10.3. The highest BCUT2D eigenvalue weighted by molar-refractivity contribution is 7.12. The van der Waals surface area contributed by atoms with Crippen molar-refractivity contribution in [2.75, 3.05) is 32.8 Å². The summed E-state index contributed by atoms with van der Waals surface area (Å²) < 4.78 is 16.5. The zero-order chi connectivity index (χ0) is 27.9. The molecule has 3 rings (SSSR count). The fourth-order valence-corrected chi connectivity index (χ4v) is 4.52. The molecule has 0 fully saturated rings. The van der Waals surface area contributed by atoms with E-state index < -0.39 is 23.4 Å². The fourth-order valence-electron chi connectivity index (χ4n) is 3.88. The smallest absolute Gasteiger partial charge is 0.261 e. The average Bonchev–Trinajstić information content (AvgIpc) is 3.44. The number of carbonyl (C=O) groups is 3. The number of nitrogens with zero attached hydrogens (tertiary/aromatic N) is 1. The van der Waals surface area contributed by atoms with Crippen molar-refractivity contribution < 1.29 is 28.6 Å². The topological polar surface area (TPSA) is 106 Å². The minimum absolute atomic E-state index is 0.324. The van der Waals surface area contributed by atoms with Crippen LogP contribution in [0.25, 0.3) is 0 Å². The summed E-state index contributed by atoms with van der Waals surface area (Å²) in [4.78, 5) is 42.1. The normalized spacial score (nSPS) is 11.7. The standard InChI is InChI=1S/C28H33N3O6S/c1-28(2,3)30-27(34)24(18-15-20(35-4)25(37-6)21(16-18)36-5)31(19-11-8-7-9-12-19)23(32)17-29-26(33)22-13-10-14-38-22/h7-16,24H,17H2,1-6H3,(H,29,33)(H,30,34)/t24-/m0/s1. The lowest BCUT2D eigenvalue weighted by Crippen LogP contribution is -2.51. The maximum absolute atomic E-state index is 13.9. The molecule has 0 aliphatic carbocycles. The Hall–Kier alpha value is -4.05. The summed E-state index contributed by atoms with van der Waals surface area (Å²) in [5.41, 5.74) is 0.322. The summed E-state index contributed by atoms with van der Waals surface area (Å²) in [5, 5.41) is 7.44. The zero-order valence-electron chi connectivity index (χ0n) is 22.4. The van der Waals surface area contributed by atoms with E-state index in [0.717, 1.165) is 0 Å². The molecular weight excluding hydrogens is 506 g/mol. The molecule has 0 radical (unpaired) electrons. The number of amides is 3. The number of carbonyl (C=O) groups excluding carboxylic acids is 3. The Bertz CT molecular complexity index is 1230. The molecule has 0 saturated carbocycles. The lowest BCUT2D eigenvalue weighted by Gasteiger charge is -2.34. The number of ether oxygens (including phenoxy) is 3. The third-order valence-corrected chi connectivity index (χ3v) is 6.32. The van der Waals surface area contributed by atoms with Gasteiger partial charge in [0.05, 0.1) is 32.8 Å². The molecule has 1 atom stereocenters. The van der Waals surface area contributed by atoms with Crippen molar-refractivity contribution in [3.05, 3.63) is 70.4 Å². The van der Waals surface area contributed by atoms with Gasteiger partial charge in [-0.25, -0.2) is 0 Å². The van der Waals surface area contributed by atoms with Crippen molar-refractivity contribution in [3.8, 4) is 17.2 Å². The Morgan fingerprint density at radius 1 is 0.921 bits per heavy atom. The van der Waals surface area contributed by atoms with E-state index in [2.05, 4.69) is 10.6 Å². The first-order chi connectivity index (χ1) is 18.1. The van der Waals surface area contributed by atoms with Gasteiger partial charge in [-0.15, -0.1) is 11.3 Å². The fraction of sp³-hybridized carbons (Fsp3) is 0.321. The van der Waals surface area contributed by atoms with Gasteiger partial charge in [0.15, 0.2) is 11.5 Å². The SMILES string of the molecule is COc1cc([C@@H](C(=O)NC(C)(C)C)N(C(=O)CNC(=O)c2cccs2)c2ccccc2)cc(OC)c1OC. The van der Waals surface area contributed by atoms with Gasteiger partial charge < -0.3 is 24.8 Å². The molecule has 10 heteroatoms. The van der Waals surface area contributed by atoms with Gasteiger partial charge in [-0.2, -0.15) is 0 Å². The summed E-state index contributed by atoms with van der Waals surface area (Å²) in [5.74, 6) is -0.249. The predicted octanol–water partition coefficient (Wildman–Crippen LogP) is 4.19. The van der Waals surface area contributed by atoms with Gasteiger partial charge in [-0.3, -0.25) is 19.3 Å². The lowest BCUT2D eigenvalue weighted by molar-refractivity contribution is -0.127. The van der Waals surface area contributed by atoms with E-state index in [0.29, 0.717) is 33.4 Å². The second kappa shape index (κ2) is 12.5. The van der Waals surface area contributed by atoms with Crippen LogP contribution in [0, 0.1) is 0 Å². The minimum Gasteiger partial charge on any atom is -0.493 e. The van der Waals surface area contributed by atoms with Crippen LogP contribution < -0.4 is 29.7 Å². The van der Waals surface area contributed by atoms with Crippen LogP contribution in [0.5, 0.6) is 17.2 Å². The van der Waals surface area contributed by atoms with Crippen LogP contribution in [0.2, 0.25) is 0 Å². The lowest BCUT2D eigenvalue weighted by atomic mass is 9.99. The maximum Gasteiger partial charge on any atom is 0.261 e. The first kappa shape index (κ1) is 28.5. The Morgan fingerprint density at radius 2 is 1.55 bits per heavy atom. The molecule has 9 nitrogen and oxygen atoms in total. The summed E-state index contributed by atoms with van der Waals surface area (Å²) in [7, 11) is 4.44. The molecule has 38 heavy (non-hydrogen) atoms. The van der Waals surface area contributed by atoms with E-state index in [4.69, 9.17) is 14.2 Å². The van der Waals surface area contributed by atoms with Crippen molar-refractivity contribution in [2.24, 2.45) is 0 Å². The highest BCUT2D eigenvalue weighted by atomic mass is 32.1. The van der Waals surface area contributed by atoms with Crippen LogP contribution in [0.15, 0.2) is 60.0 Å². The Balaban J connectivity index is 2.13. The van der Waals surface area contributed by atoms with Crippen LogP contribution >= 0.6 is 11.3 Å². The van der Waals surface area contributed by atoms with Gasteiger partial charge in [-0.1, -0.05) is 24.3 Å². The van der Waals surface area contributed by atoms with Crippen molar-refractivity contribution in [1.82, 2.24) is 10.6 Å². The largest absolute Gasteiger partial charge is 0.493 e. The van der Waals surface area contributed by atoms with Crippen LogP contribution in [-0.4, -0.2) is 51.1 Å².